The molecule has 44 heavy (non-hydrogen) atoms. The highest BCUT2D eigenvalue weighted by atomic mass is 32.2. The third kappa shape index (κ3) is 4.44. The number of nitrogens with zero attached hydrogens (tertiary/aromatic N) is 3. The van der Waals surface area contributed by atoms with Crippen LogP contribution < -0.4 is 0 Å². The molecule has 0 unspecified atom stereocenters. The van der Waals surface area contributed by atoms with E-state index in [0.717, 1.165) is 55.1 Å². The zero-order valence-corrected chi connectivity index (χ0v) is 26.0. The highest BCUT2D eigenvalue weighted by molar-refractivity contribution is 8.13. The summed E-state index contributed by atoms with van der Waals surface area (Å²) in [4.78, 5) is 31.2. The van der Waals surface area contributed by atoms with Crippen LogP contribution in [0.5, 0.6) is 0 Å². The molecule has 2 N–H and O–H groups in total. The van der Waals surface area contributed by atoms with E-state index in [0.29, 0.717) is 31.6 Å². The third-order valence-electron chi connectivity index (χ3n) is 11.6. The third-order valence-corrected chi connectivity index (χ3v) is 12.6. The van der Waals surface area contributed by atoms with E-state index in [-0.39, 0.29) is 40.6 Å². The summed E-state index contributed by atoms with van der Waals surface area (Å²) in [5, 5.41) is 26.0. The lowest BCUT2D eigenvalue weighted by atomic mass is 9.45. The molecule has 8 atom stereocenters. The number of carbonyl (C=O) groups excluding carboxylic acids is 2. The first-order valence-corrected chi connectivity index (χ1v) is 16.8. The lowest BCUT2D eigenvalue weighted by molar-refractivity contribution is -0.202. The predicted molar refractivity (Wildman–Crippen MR) is 161 cm³/mol. The summed E-state index contributed by atoms with van der Waals surface area (Å²) in [5.74, 6) is -0.614. The summed E-state index contributed by atoms with van der Waals surface area (Å²) in [6, 6.07) is 3.00. The number of aliphatic hydroxyl groups excluding tert-OH is 2. The first kappa shape index (κ1) is 30.1. The second-order valence-corrected chi connectivity index (χ2v) is 14.8. The number of thioether (sulfide) groups is 1. The Morgan fingerprint density at radius 3 is 2.80 bits per heavy atom. The van der Waals surface area contributed by atoms with E-state index in [4.69, 9.17) is 9.47 Å². The molecule has 3 heterocycles. The van der Waals surface area contributed by atoms with Crippen LogP contribution in [0.25, 0.3) is 11.8 Å². The van der Waals surface area contributed by atoms with Crippen molar-refractivity contribution in [2.45, 2.75) is 83.0 Å². The van der Waals surface area contributed by atoms with Crippen molar-refractivity contribution in [3.63, 3.8) is 0 Å². The first-order valence-electron chi connectivity index (χ1n) is 15.8. The molecule has 1 aliphatic heterocycles. The van der Waals surface area contributed by atoms with Crippen LogP contribution in [0, 0.1) is 34.5 Å². The average Bonchev–Trinajstić information content (AvgIpc) is 3.73. The molecule has 11 heteroatoms. The molecule has 4 fully saturated rings. The fourth-order valence-corrected chi connectivity index (χ4v) is 10.6. The van der Waals surface area contributed by atoms with E-state index in [1.54, 1.807) is 10.7 Å². The second-order valence-electron chi connectivity index (χ2n) is 13.7. The van der Waals surface area contributed by atoms with Crippen molar-refractivity contribution in [2.75, 3.05) is 19.0 Å². The molecule has 4 aliphatic carbocycles. The van der Waals surface area contributed by atoms with Gasteiger partial charge < -0.3 is 19.7 Å². The Kier molecular flexibility index (Phi) is 7.54. The number of ether oxygens (including phenoxy) is 2. The largest absolute Gasteiger partial charge is 0.448 e. The number of aliphatic hydroxyl groups is 2. The molecule has 2 aromatic rings. The van der Waals surface area contributed by atoms with Gasteiger partial charge in [-0.2, -0.15) is 9.49 Å². The van der Waals surface area contributed by atoms with Crippen molar-refractivity contribution in [1.29, 1.82) is 0 Å². The normalized spacial score (nSPS) is 37.4. The van der Waals surface area contributed by atoms with Gasteiger partial charge in [-0.05, 0) is 98.3 Å². The zero-order chi connectivity index (χ0) is 30.9. The van der Waals surface area contributed by atoms with E-state index in [9.17, 15) is 24.2 Å². The van der Waals surface area contributed by atoms with Gasteiger partial charge in [0.1, 0.15) is 0 Å². The van der Waals surface area contributed by atoms with Crippen LogP contribution in [-0.2, 0) is 25.5 Å². The Balaban J connectivity index is 1.21. The Hall–Kier alpha value is -2.60. The average molecular weight is 626 g/mol. The molecule has 7 rings (SSSR count). The summed E-state index contributed by atoms with van der Waals surface area (Å²) in [7, 11) is 0. The van der Waals surface area contributed by atoms with Crippen LogP contribution in [0.1, 0.15) is 70.1 Å². The van der Waals surface area contributed by atoms with Crippen molar-refractivity contribution in [3.05, 3.63) is 47.3 Å². The molecule has 0 radical (unpaired) electrons. The lowest BCUT2D eigenvalue weighted by Crippen LogP contribution is -2.63. The van der Waals surface area contributed by atoms with Gasteiger partial charge in [-0.1, -0.05) is 31.2 Å². The molecule has 0 amide bonds. The van der Waals surface area contributed by atoms with Crippen molar-refractivity contribution in [1.82, 2.24) is 14.8 Å². The van der Waals surface area contributed by atoms with Gasteiger partial charge in [0.25, 0.3) is 0 Å². The highest BCUT2D eigenvalue weighted by Gasteiger charge is 2.71. The van der Waals surface area contributed by atoms with E-state index in [1.165, 1.54) is 17.8 Å². The number of halogens is 1. The number of carbonyl (C=O) groups is 2. The van der Waals surface area contributed by atoms with Gasteiger partial charge in [-0.3, -0.25) is 4.79 Å². The van der Waals surface area contributed by atoms with Crippen molar-refractivity contribution in [2.24, 2.45) is 28.6 Å². The van der Waals surface area contributed by atoms with Crippen LogP contribution >= 0.6 is 11.8 Å². The summed E-state index contributed by atoms with van der Waals surface area (Å²) in [6.45, 7) is 4.64. The Morgan fingerprint density at radius 1 is 1.23 bits per heavy atom. The Bertz CT molecular complexity index is 1490. The van der Waals surface area contributed by atoms with Crippen LogP contribution in [-0.4, -0.2) is 72.8 Å². The van der Waals surface area contributed by atoms with Gasteiger partial charge in [0.2, 0.25) is 11.1 Å². The molecular formula is C33H40FN3O6S. The van der Waals surface area contributed by atoms with E-state index < -0.39 is 35.1 Å². The first-order chi connectivity index (χ1) is 21.1. The minimum Gasteiger partial charge on any atom is -0.448 e. The van der Waals surface area contributed by atoms with Crippen molar-refractivity contribution >= 4 is 28.9 Å². The number of esters is 1. The smallest absolute Gasteiger partial charge is 0.336 e. The minimum absolute atomic E-state index is 0.0329. The van der Waals surface area contributed by atoms with Crippen LogP contribution in [0.4, 0.5) is 4.39 Å². The van der Waals surface area contributed by atoms with Crippen LogP contribution in [0.3, 0.4) is 0 Å². The molecule has 9 nitrogen and oxygen atoms in total. The topological polar surface area (TPSA) is 124 Å². The second kappa shape index (κ2) is 11.0. The highest BCUT2D eigenvalue weighted by Crippen LogP contribution is 2.69. The zero-order valence-electron chi connectivity index (χ0n) is 25.2. The van der Waals surface area contributed by atoms with Gasteiger partial charge in [-0.25, -0.2) is 14.5 Å². The molecule has 236 valence electrons. The number of rotatable bonds is 6. The van der Waals surface area contributed by atoms with E-state index in [2.05, 4.69) is 23.1 Å². The van der Waals surface area contributed by atoms with Gasteiger partial charge in [0, 0.05) is 17.8 Å². The van der Waals surface area contributed by atoms with Gasteiger partial charge in [-0.15, -0.1) is 0 Å². The van der Waals surface area contributed by atoms with Gasteiger partial charge in [0.15, 0.2) is 11.7 Å². The lowest BCUT2D eigenvalue weighted by Gasteiger charge is -2.60. The molecule has 3 saturated carbocycles. The van der Waals surface area contributed by atoms with Crippen LogP contribution in [0.15, 0.2) is 30.1 Å². The molecular weight excluding hydrogens is 585 g/mol. The molecule has 0 bridgehead atoms. The van der Waals surface area contributed by atoms with E-state index >= 15 is 0 Å². The summed E-state index contributed by atoms with van der Waals surface area (Å²) < 4.78 is 27.2. The van der Waals surface area contributed by atoms with Crippen molar-refractivity contribution < 1.29 is 33.7 Å². The molecule has 5 aliphatic rings. The van der Waals surface area contributed by atoms with Gasteiger partial charge >= 0.3 is 5.97 Å². The molecule has 2 aromatic heterocycles. The van der Waals surface area contributed by atoms with Crippen molar-refractivity contribution in [3.8, 4) is 5.69 Å². The molecule has 0 spiro atoms. The maximum Gasteiger partial charge on any atom is 0.336 e. The minimum atomic E-state index is -1.38. The standard InChI is InChI=1S/C33H40FN3O6S/c1-31-15-19-17-36-37(21-6-8-27(34)35-18-21)24(19)14-20(31)5-7-22-23-9-10-33(30(41)44-13-11-38,32(23,2)16-25(39)28(22)31)43-29(40)26-4-3-12-42-26/h6,8,14,17-18,22-23,25-26,28,38-39H,3-5,7,9-13,15-16H2,1-2H3/t22-,23-,25-,26+,28+,31-,32-,33-/m0/s1. The maximum absolute atomic E-state index is 14.0. The Labute approximate surface area is 260 Å². The number of allylic oxidation sites excluding steroid dienone is 1. The fourth-order valence-electron chi connectivity index (χ4n) is 9.67. The number of pyridine rings is 1. The van der Waals surface area contributed by atoms with E-state index in [1.807, 2.05) is 13.1 Å². The molecule has 1 saturated heterocycles. The summed E-state index contributed by atoms with van der Waals surface area (Å²) in [6.07, 6.45) is 9.42. The monoisotopic (exact) mass is 625 g/mol. The quantitative estimate of drug-likeness (QED) is 0.358. The number of fused-ring (bicyclic) bond motifs is 6. The Morgan fingerprint density at radius 2 is 2.07 bits per heavy atom. The fraction of sp³-hybridized carbons (Fsp3) is 0.636. The molecule has 0 aromatic carbocycles. The summed E-state index contributed by atoms with van der Waals surface area (Å²) >= 11 is 1.02. The van der Waals surface area contributed by atoms with Gasteiger partial charge in [0.05, 0.1) is 36.5 Å². The number of hydrogen-bond donors (Lipinski definition) is 2. The predicted octanol–water partition coefficient (Wildman–Crippen LogP) is 4.27. The summed E-state index contributed by atoms with van der Waals surface area (Å²) in [5.41, 5.74) is 1.57. The van der Waals surface area contributed by atoms with Crippen LogP contribution in [0.2, 0.25) is 0 Å². The SMILES string of the molecule is C[C@]12Cc3cnn(-c4ccc(F)nc4)c3C=C1CC[C@@H]1[C@@H]2[C@@H](O)C[C@@]2(C)[C@H]1CC[C@]2(OC(=O)[C@H]1CCCO1)C(=O)SCCO. The number of hydrogen-bond acceptors (Lipinski definition) is 9. The number of aromatic nitrogens is 3. The maximum atomic E-state index is 14.0.